The van der Waals surface area contributed by atoms with Gasteiger partial charge >= 0.3 is 0 Å². The average molecular weight is 365 g/mol. The van der Waals surface area contributed by atoms with Gasteiger partial charge in [0, 0.05) is 34.5 Å². The fourth-order valence-electron chi connectivity index (χ4n) is 3.14. The number of aromatic nitrogens is 3. The zero-order chi connectivity index (χ0) is 18.3. The summed E-state index contributed by atoms with van der Waals surface area (Å²) >= 11 is 1.56. The summed E-state index contributed by atoms with van der Waals surface area (Å²) in [5, 5.41) is 13.0. The highest BCUT2D eigenvalue weighted by molar-refractivity contribution is 7.10. The van der Waals surface area contributed by atoms with Crippen molar-refractivity contribution in [3.63, 3.8) is 0 Å². The van der Waals surface area contributed by atoms with Gasteiger partial charge in [0.15, 0.2) is 0 Å². The number of hydrogen-bond acceptors (Lipinski definition) is 5. The van der Waals surface area contributed by atoms with E-state index in [0.717, 1.165) is 38.6 Å². The van der Waals surface area contributed by atoms with Crippen molar-refractivity contribution >= 4 is 17.0 Å². The minimum absolute atomic E-state index is 0.581. The molecule has 0 saturated carbocycles. The zero-order valence-electron chi connectivity index (χ0n) is 14.8. The van der Waals surface area contributed by atoms with E-state index in [2.05, 4.69) is 9.97 Å². The first kappa shape index (κ1) is 16.8. The van der Waals surface area contributed by atoms with Crippen LogP contribution in [0.3, 0.4) is 0 Å². The lowest BCUT2D eigenvalue weighted by atomic mass is 10.1. The summed E-state index contributed by atoms with van der Waals surface area (Å²) in [5.41, 5.74) is 5.51. The van der Waals surface area contributed by atoms with Gasteiger partial charge in [-0.3, -0.25) is 0 Å². The molecule has 0 fully saturated rings. The summed E-state index contributed by atoms with van der Waals surface area (Å²) in [7, 11) is 1.60. The van der Waals surface area contributed by atoms with Crippen molar-refractivity contribution in [3.05, 3.63) is 69.9 Å². The maximum atomic E-state index is 11.0. The largest absolute Gasteiger partial charge is 0.481 e. The molecule has 4 aromatic heterocycles. The Kier molecular flexibility index (Phi) is 4.22. The molecule has 0 amide bonds. The molecule has 4 aromatic rings. The topological polar surface area (TPSA) is 59.7 Å². The predicted octanol–water partition coefficient (Wildman–Crippen LogP) is 4.16. The van der Waals surface area contributed by atoms with Crippen molar-refractivity contribution in [3.8, 4) is 17.0 Å². The average Bonchev–Trinajstić information content (AvgIpc) is 3.23. The molecule has 1 N–H and O–H groups in total. The van der Waals surface area contributed by atoms with Crippen molar-refractivity contribution in [1.29, 1.82) is 0 Å². The lowest BCUT2D eigenvalue weighted by molar-refractivity contribution is 0.216. The van der Waals surface area contributed by atoms with Gasteiger partial charge in [-0.15, -0.1) is 11.3 Å². The van der Waals surface area contributed by atoms with Crippen molar-refractivity contribution in [2.24, 2.45) is 0 Å². The predicted molar refractivity (Wildman–Crippen MR) is 103 cm³/mol. The van der Waals surface area contributed by atoms with Crippen LogP contribution in [0.2, 0.25) is 0 Å². The first-order valence-electron chi connectivity index (χ1n) is 8.29. The number of imidazole rings is 1. The molecular weight excluding hydrogens is 346 g/mol. The normalized spacial score (nSPS) is 12.5. The van der Waals surface area contributed by atoms with E-state index in [-0.39, 0.29) is 0 Å². The van der Waals surface area contributed by atoms with Crippen molar-refractivity contribution < 1.29 is 9.84 Å². The van der Waals surface area contributed by atoms with Crippen LogP contribution >= 0.6 is 11.3 Å². The number of fused-ring (bicyclic) bond motifs is 1. The van der Waals surface area contributed by atoms with Gasteiger partial charge in [-0.05, 0) is 49.1 Å². The number of thiophene rings is 1. The Hall–Kier alpha value is -2.70. The molecule has 0 bridgehead atoms. The summed E-state index contributed by atoms with van der Waals surface area (Å²) in [6, 6.07) is 9.80. The highest BCUT2D eigenvalue weighted by Crippen LogP contribution is 2.32. The van der Waals surface area contributed by atoms with Crippen LogP contribution in [-0.4, -0.2) is 26.6 Å². The standard InChI is InChI=1S/C20H19N3O2S/c1-12-8-9-26-20(12)19(24)18-13(2)22-16-6-4-15(11-23(16)18)14-5-7-17(25-3)21-10-14/h4-11,19,24H,1-3H3. The highest BCUT2D eigenvalue weighted by Gasteiger charge is 2.21. The maximum Gasteiger partial charge on any atom is 0.212 e. The van der Waals surface area contributed by atoms with Gasteiger partial charge in [0.05, 0.1) is 18.5 Å². The third-order valence-electron chi connectivity index (χ3n) is 4.53. The lowest BCUT2D eigenvalue weighted by Crippen LogP contribution is -2.05. The van der Waals surface area contributed by atoms with Crippen molar-refractivity contribution in [2.45, 2.75) is 20.0 Å². The Morgan fingerprint density at radius 2 is 1.92 bits per heavy atom. The maximum absolute atomic E-state index is 11.0. The molecule has 0 radical (unpaired) electrons. The third kappa shape index (κ3) is 2.77. The number of aliphatic hydroxyl groups excluding tert-OH is 1. The smallest absolute Gasteiger partial charge is 0.212 e. The number of hydrogen-bond donors (Lipinski definition) is 1. The van der Waals surface area contributed by atoms with Crippen LogP contribution in [0.15, 0.2) is 48.1 Å². The Morgan fingerprint density at radius 3 is 2.58 bits per heavy atom. The number of pyridine rings is 2. The molecule has 1 atom stereocenters. The summed E-state index contributed by atoms with van der Waals surface area (Å²) in [6.45, 7) is 3.95. The second-order valence-corrected chi connectivity index (χ2v) is 7.14. The minimum Gasteiger partial charge on any atom is -0.481 e. The minimum atomic E-state index is -0.700. The van der Waals surface area contributed by atoms with Crippen molar-refractivity contribution in [2.75, 3.05) is 7.11 Å². The van der Waals surface area contributed by atoms with E-state index in [0.29, 0.717) is 5.88 Å². The quantitative estimate of drug-likeness (QED) is 0.590. The molecule has 0 aliphatic heterocycles. The Bertz CT molecular complexity index is 1070. The van der Waals surface area contributed by atoms with E-state index in [4.69, 9.17) is 4.74 Å². The molecule has 4 heterocycles. The van der Waals surface area contributed by atoms with Gasteiger partial charge in [-0.1, -0.05) is 0 Å². The van der Waals surface area contributed by atoms with Crippen LogP contribution in [0.5, 0.6) is 5.88 Å². The molecule has 0 spiro atoms. The van der Waals surface area contributed by atoms with E-state index in [1.165, 1.54) is 0 Å². The van der Waals surface area contributed by atoms with E-state index >= 15 is 0 Å². The molecule has 26 heavy (non-hydrogen) atoms. The second-order valence-electron chi connectivity index (χ2n) is 6.19. The molecule has 0 aliphatic carbocycles. The molecule has 4 rings (SSSR count). The second kappa shape index (κ2) is 6.55. The van der Waals surface area contributed by atoms with Crippen LogP contribution < -0.4 is 4.74 Å². The fraction of sp³-hybridized carbons (Fsp3) is 0.200. The van der Waals surface area contributed by atoms with Crippen LogP contribution in [0.1, 0.15) is 27.9 Å². The number of rotatable bonds is 4. The number of nitrogens with zero attached hydrogens (tertiary/aromatic N) is 3. The molecule has 0 aromatic carbocycles. The van der Waals surface area contributed by atoms with Gasteiger partial charge in [-0.25, -0.2) is 9.97 Å². The molecule has 6 heteroatoms. The van der Waals surface area contributed by atoms with Crippen LogP contribution in [0, 0.1) is 13.8 Å². The molecule has 5 nitrogen and oxygen atoms in total. The Labute approximate surface area is 155 Å². The highest BCUT2D eigenvalue weighted by atomic mass is 32.1. The Balaban J connectivity index is 1.83. The van der Waals surface area contributed by atoms with Gasteiger partial charge in [0.25, 0.3) is 0 Å². The molecule has 1 unspecified atom stereocenters. The van der Waals surface area contributed by atoms with Gasteiger partial charge in [0.2, 0.25) is 5.88 Å². The van der Waals surface area contributed by atoms with Crippen LogP contribution in [0.4, 0.5) is 0 Å². The number of methoxy groups -OCH3 is 1. The van der Waals surface area contributed by atoms with E-state index in [9.17, 15) is 5.11 Å². The molecular formula is C20H19N3O2S. The van der Waals surface area contributed by atoms with Crippen molar-refractivity contribution in [1.82, 2.24) is 14.4 Å². The van der Waals surface area contributed by atoms with E-state index < -0.39 is 6.10 Å². The van der Waals surface area contributed by atoms with Gasteiger partial charge in [-0.2, -0.15) is 0 Å². The Morgan fingerprint density at radius 1 is 1.12 bits per heavy atom. The fourth-order valence-corrected chi connectivity index (χ4v) is 4.05. The summed E-state index contributed by atoms with van der Waals surface area (Å²) in [5.74, 6) is 0.581. The number of ether oxygens (including phenoxy) is 1. The van der Waals surface area contributed by atoms with Crippen LogP contribution in [0.25, 0.3) is 16.8 Å². The third-order valence-corrected chi connectivity index (χ3v) is 5.60. The summed E-state index contributed by atoms with van der Waals surface area (Å²) in [4.78, 5) is 9.83. The molecule has 132 valence electrons. The van der Waals surface area contributed by atoms with E-state index in [1.807, 2.05) is 60.2 Å². The number of aliphatic hydroxyl groups is 1. The number of aryl methyl sites for hydroxylation is 2. The van der Waals surface area contributed by atoms with Crippen LogP contribution in [-0.2, 0) is 0 Å². The lowest BCUT2D eigenvalue weighted by Gasteiger charge is -2.12. The molecule has 0 aliphatic rings. The van der Waals surface area contributed by atoms with Gasteiger partial charge < -0.3 is 14.2 Å². The molecule has 0 saturated heterocycles. The first-order valence-corrected chi connectivity index (χ1v) is 9.17. The summed E-state index contributed by atoms with van der Waals surface area (Å²) in [6.07, 6.45) is 3.08. The zero-order valence-corrected chi connectivity index (χ0v) is 15.6. The first-order chi connectivity index (χ1) is 12.6. The monoisotopic (exact) mass is 365 g/mol. The SMILES string of the molecule is COc1ccc(-c2ccc3nc(C)c(C(O)c4sccc4C)n3c2)cn1. The van der Waals surface area contributed by atoms with E-state index in [1.54, 1.807) is 24.6 Å². The summed E-state index contributed by atoms with van der Waals surface area (Å²) < 4.78 is 7.09. The van der Waals surface area contributed by atoms with Gasteiger partial charge in [0.1, 0.15) is 11.8 Å².